The van der Waals surface area contributed by atoms with Gasteiger partial charge < -0.3 is 0 Å². The van der Waals surface area contributed by atoms with Crippen LogP contribution < -0.4 is 0 Å². The third-order valence-electron chi connectivity index (χ3n) is 4.07. The van der Waals surface area contributed by atoms with Crippen LogP contribution >= 0.6 is 0 Å². The molecule has 0 aromatic carbocycles. The molecule has 0 aliphatic heterocycles. The van der Waals surface area contributed by atoms with Crippen LogP contribution in [0.25, 0.3) is 0 Å². The molecular weight excluding hydrogens is 478 g/mol. The first-order valence-corrected chi connectivity index (χ1v) is 20.4. The van der Waals surface area contributed by atoms with Crippen LogP contribution in [-0.2, 0) is 0 Å². The van der Waals surface area contributed by atoms with E-state index < -0.39 is 19.8 Å². The Kier molecular flexibility index (Phi) is 29.2. The average Bonchev–Trinajstić information content (AvgIpc) is 2.55. The van der Waals surface area contributed by atoms with Crippen molar-refractivity contribution < 1.29 is 0 Å². The molecule has 0 saturated carbocycles. The molecule has 22 heavy (non-hydrogen) atoms. The quantitative estimate of drug-likeness (QED) is 0.151. The maximum atomic E-state index is 2.33. The predicted molar refractivity (Wildman–Crippen MR) is 110 cm³/mol. The average molecular weight is 523 g/mol. The van der Waals surface area contributed by atoms with E-state index in [0.717, 1.165) is 0 Å². The van der Waals surface area contributed by atoms with E-state index in [1.807, 2.05) is 0 Å². The molecule has 0 unspecified atom stereocenters. The summed E-state index contributed by atoms with van der Waals surface area (Å²) in [7, 11) is 0. The summed E-state index contributed by atoms with van der Waals surface area (Å²) in [5.74, 6) is 0. The Morgan fingerprint density at radius 1 is 0.500 bits per heavy atom. The molecule has 0 fully saturated rings. The Morgan fingerprint density at radius 3 is 1.09 bits per heavy atom. The molecule has 0 bridgehead atoms. The van der Waals surface area contributed by atoms with Crippen molar-refractivity contribution in [1.82, 2.24) is 0 Å². The summed E-state index contributed by atoms with van der Waals surface area (Å²) in [6.07, 6.45) is 14.7. The van der Waals surface area contributed by atoms with Crippen LogP contribution in [0.1, 0.15) is 98.8 Å². The van der Waals surface area contributed by atoms with Gasteiger partial charge in [-0.2, -0.15) is 0 Å². The molecular formula is C20H45Sn2. The molecule has 0 aromatic rings. The first-order valence-electron chi connectivity index (χ1n) is 10.3. The Hall–Kier alpha value is 1.60. The number of hydrogen-bond acceptors (Lipinski definition) is 0. The topological polar surface area (TPSA) is 0 Å². The van der Waals surface area contributed by atoms with E-state index in [4.69, 9.17) is 0 Å². The Morgan fingerprint density at radius 2 is 0.818 bits per heavy atom. The monoisotopic (exact) mass is 525 g/mol. The molecule has 0 N–H and O–H groups in total. The first kappa shape index (κ1) is 25.8. The zero-order chi connectivity index (χ0) is 16.9. The van der Waals surface area contributed by atoms with E-state index in [1.165, 1.54) is 64.2 Å². The normalized spacial score (nSPS) is 10.6. The molecule has 0 nitrogen and oxygen atoms in total. The molecule has 0 aromatic heterocycles. The summed E-state index contributed by atoms with van der Waals surface area (Å²) in [5, 5.41) is 0. The Labute approximate surface area is 161 Å². The van der Waals surface area contributed by atoms with Crippen LogP contribution in [0.5, 0.6) is 0 Å². The molecule has 2 heteroatoms. The maximum absolute atomic E-state index is 2.33. The van der Waals surface area contributed by atoms with Crippen molar-refractivity contribution >= 4 is 40.9 Å². The van der Waals surface area contributed by atoms with Crippen LogP contribution in [0.2, 0.25) is 22.2 Å². The van der Waals surface area contributed by atoms with Crippen LogP contribution in [0.3, 0.4) is 0 Å². The van der Waals surface area contributed by atoms with Crippen molar-refractivity contribution in [3.8, 4) is 0 Å². The first-order chi connectivity index (χ1) is 10.8. The zero-order valence-electron chi connectivity index (χ0n) is 16.6. The second-order valence-electron chi connectivity index (χ2n) is 6.52. The SMILES string of the molecule is CCC[CH2][Sn]([CH2]CCC)[CH2]CCC.CCC[CH2][Sn][CH2]CCC. The van der Waals surface area contributed by atoms with Gasteiger partial charge in [0.25, 0.3) is 0 Å². The third-order valence-corrected chi connectivity index (χ3v) is 17.2. The molecule has 0 aliphatic carbocycles. The molecule has 0 rings (SSSR count). The van der Waals surface area contributed by atoms with Gasteiger partial charge in [-0.05, 0) is 0 Å². The summed E-state index contributed by atoms with van der Waals surface area (Å²) in [6, 6.07) is 0. The van der Waals surface area contributed by atoms with Gasteiger partial charge in [0.2, 0.25) is 0 Å². The second-order valence-corrected chi connectivity index (χ2v) is 19.4. The van der Waals surface area contributed by atoms with E-state index in [9.17, 15) is 0 Å². The van der Waals surface area contributed by atoms with Gasteiger partial charge in [0.05, 0.1) is 0 Å². The third kappa shape index (κ3) is 23.9. The summed E-state index contributed by atoms with van der Waals surface area (Å²) in [5.41, 5.74) is 0. The van der Waals surface area contributed by atoms with Gasteiger partial charge in [-0.1, -0.05) is 0 Å². The van der Waals surface area contributed by atoms with Gasteiger partial charge >= 0.3 is 162 Å². The molecule has 0 amide bonds. The minimum absolute atomic E-state index is 0.149. The van der Waals surface area contributed by atoms with Crippen molar-refractivity contribution in [1.29, 1.82) is 0 Å². The van der Waals surface area contributed by atoms with Gasteiger partial charge in [-0.15, -0.1) is 0 Å². The molecule has 0 saturated heterocycles. The van der Waals surface area contributed by atoms with Gasteiger partial charge in [0.15, 0.2) is 0 Å². The van der Waals surface area contributed by atoms with Gasteiger partial charge in [0.1, 0.15) is 0 Å². The molecule has 0 aliphatic rings. The van der Waals surface area contributed by atoms with Crippen LogP contribution in [0.15, 0.2) is 0 Å². The zero-order valence-corrected chi connectivity index (χ0v) is 22.3. The number of unbranched alkanes of at least 4 members (excludes halogenated alkanes) is 5. The number of hydrogen-bond donors (Lipinski definition) is 0. The van der Waals surface area contributed by atoms with Crippen molar-refractivity contribution in [3.05, 3.63) is 0 Å². The van der Waals surface area contributed by atoms with Gasteiger partial charge in [0, 0.05) is 0 Å². The van der Waals surface area contributed by atoms with Crippen LogP contribution in [0, 0.1) is 0 Å². The van der Waals surface area contributed by atoms with Crippen molar-refractivity contribution in [2.45, 2.75) is 121 Å². The van der Waals surface area contributed by atoms with E-state index in [1.54, 1.807) is 22.2 Å². The Balaban J connectivity index is 0. The molecule has 0 spiro atoms. The van der Waals surface area contributed by atoms with Crippen molar-refractivity contribution in [2.24, 2.45) is 0 Å². The summed E-state index contributed by atoms with van der Waals surface area (Å²) in [4.78, 5) is 0. The second kappa shape index (κ2) is 24.8. The van der Waals surface area contributed by atoms with E-state index in [-0.39, 0.29) is 21.1 Å². The van der Waals surface area contributed by atoms with Gasteiger partial charge in [-0.3, -0.25) is 0 Å². The Bertz CT molecular complexity index is 146. The minimum atomic E-state index is -0.839. The van der Waals surface area contributed by atoms with E-state index >= 15 is 0 Å². The molecule has 3 radical (unpaired) electrons. The molecule has 0 atom stereocenters. The van der Waals surface area contributed by atoms with Crippen molar-refractivity contribution in [3.63, 3.8) is 0 Å². The number of rotatable bonds is 15. The standard InChI is InChI=1S/5C4H9.2Sn/c5*1-3-4-2;;/h5*1,3-4H2,2H3;;. The molecule has 0 heterocycles. The van der Waals surface area contributed by atoms with Gasteiger partial charge in [-0.25, -0.2) is 0 Å². The van der Waals surface area contributed by atoms with Crippen LogP contribution in [-0.4, -0.2) is 40.9 Å². The molecule has 133 valence electrons. The van der Waals surface area contributed by atoms with E-state index in [2.05, 4.69) is 34.6 Å². The fourth-order valence-electron chi connectivity index (χ4n) is 2.38. The fourth-order valence-corrected chi connectivity index (χ4v) is 16.0. The summed E-state index contributed by atoms with van der Waals surface area (Å²) in [6.45, 7) is 11.6. The van der Waals surface area contributed by atoms with Crippen molar-refractivity contribution in [2.75, 3.05) is 0 Å². The fraction of sp³-hybridized carbons (Fsp3) is 1.00. The predicted octanol–water partition coefficient (Wildman–Crippen LogP) is 8.01. The summed E-state index contributed by atoms with van der Waals surface area (Å²) < 4.78 is 8.29. The van der Waals surface area contributed by atoms with Crippen LogP contribution in [0.4, 0.5) is 0 Å². The summed E-state index contributed by atoms with van der Waals surface area (Å²) >= 11 is -0.690. The van der Waals surface area contributed by atoms with E-state index in [0.29, 0.717) is 0 Å².